The molecule has 0 fully saturated rings. The summed E-state index contributed by atoms with van der Waals surface area (Å²) in [6.45, 7) is 0. The first-order valence-corrected chi connectivity index (χ1v) is 20.8. The Morgan fingerprint density at radius 1 is 0.349 bits per heavy atom. The van der Waals surface area contributed by atoms with E-state index in [4.69, 9.17) is 33.8 Å². The van der Waals surface area contributed by atoms with Crippen LogP contribution >= 0.6 is 0 Å². The summed E-state index contributed by atoms with van der Waals surface area (Å²) in [5.74, 6) is 2.29. The van der Waals surface area contributed by atoms with Gasteiger partial charge in [-0.2, -0.15) is 0 Å². The van der Waals surface area contributed by atoms with Crippen molar-refractivity contribution in [3.63, 3.8) is 0 Å². The summed E-state index contributed by atoms with van der Waals surface area (Å²) in [7, 11) is 0. The van der Waals surface area contributed by atoms with E-state index < -0.39 is 0 Å². The zero-order valence-electron chi connectivity index (χ0n) is 33.5. The zero-order chi connectivity index (χ0) is 41.4. The van der Waals surface area contributed by atoms with Gasteiger partial charge in [0.1, 0.15) is 28.0 Å². The maximum atomic E-state index is 6.67. The Bertz CT molecular complexity index is 3910. The van der Waals surface area contributed by atoms with Crippen molar-refractivity contribution in [3.05, 3.63) is 194 Å². The van der Waals surface area contributed by atoms with E-state index in [1.165, 1.54) is 0 Å². The highest BCUT2D eigenvalue weighted by Crippen LogP contribution is 2.42. The number of nitrogens with zero attached hydrogens (tertiary/aromatic N) is 6. The first-order chi connectivity index (χ1) is 31.2. The SMILES string of the molecule is c1ccc(-c2nc(-c3ccc4c(c3)oc3cccc(-c5nc(-c6ccccc6)c6oc7ccccc7c6n5)c34)nc(-c3cccc4c3c3ccccc3n4-c3ccccc3)n2)cc1. The molecule has 13 rings (SSSR count). The van der Waals surface area contributed by atoms with E-state index in [-0.39, 0.29) is 0 Å². The fraction of sp³-hybridized carbons (Fsp3) is 0. The van der Waals surface area contributed by atoms with Crippen LogP contribution in [0.5, 0.6) is 0 Å². The normalized spacial score (nSPS) is 11.8. The number of hydrogen-bond donors (Lipinski definition) is 0. The van der Waals surface area contributed by atoms with Gasteiger partial charge in [-0.25, -0.2) is 24.9 Å². The number of aromatic nitrogens is 6. The van der Waals surface area contributed by atoms with Crippen LogP contribution in [0.25, 0.3) is 128 Å². The molecule has 0 N–H and O–H groups in total. The molecule has 0 unspecified atom stereocenters. The second-order valence-electron chi connectivity index (χ2n) is 15.6. The average molecular weight is 809 g/mol. The lowest BCUT2D eigenvalue weighted by Gasteiger charge is -2.10. The topological polar surface area (TPSA) is 95.7 Å². The highest BCUT2D eigenvalue weighted by atomic mass is 16.3. The third-order valence-electron chi connectivity index (χ3n) is 11.9. The van der Waals surface area contributed by atoms with Crippen molar-refractivity contribution in [2.75, 3.05) is 0 Å². The molecule has 0 aliphatic rings. The third-order valence-corrected chi connectivity index (χ3v) is 11.9. The third kappa shape index (κ3) is 5.58. The van der Waals surface area contributed by atoms with E-state index in [0.29, 0.717) is 34.5 Å². The molecule has 0 spiro atoms. The summed E-state index contributed by atoms with van der Waals surface area (Å²) in [6, 6.07) is 65.7. The van der Waals surface area contributed by atoms with E-state index in [0.717, 1.165) is 93.8 Å². The van der Waals surface area contributed by atoms with Gasteiger partial charge in [-0.15, -0.1) is 0 Å². The number of rotatable bonds is 6. The quantitative estimate of drug-likeness (QED) is 0.165. The van der Waals surface area contributed by atoms with Gasteiger partial charge in [0.15, 0.2) is 28.9 Å². The molecule has 0 amide bonds. The highest BCUT2D eigenvalue weighted by Gasteiger charge is 2.23. The monoisotopic (exact) mass is 808 g/mol. The van der Waals surface area contributed by atoms with Gasteiger partial charge >= 0.3 is 0 Å². The fourth-order valence-corrected chi connectivity index (χ4v) is 9.06. The van der Waals surface area contributed by atoms with Gasteiger partial charge in [0.25, 0.3) is 0 Å². The van der Waals surface area contributed by atoms with Crippen LogP contribution in [-0.2, 0) is 0 Å². The molecule has 0 atom stereocenters. The first-order valence-electron chi connectivity index (χ1n) is 20.8. The van der Waals surface area contributed by atoms with Gasteiger partial charge in [0.2, 0.25) is 0 Å². The van der Waals surface area contributed by atoms with Gasteiger partial charge in [0, 0.05) is 60.4 Å². The summed E-state index contributed by atoms with van der Waals surface area (Å²) in [6.07, 6.45) is 0. The molecule has 13 aromatic rings. The second kappa shape index (κ2) is 13.9. The van der Waals surface area contributed by atoms with Crippen LogP contribution in [0.1, 0.15) is 0 Å². The predicted molar refractivity (Wildman–Crippen MR) is 251 cm³/mol. The standard InChI is InChI=1S/C55H32N6O2/c1-4-16-33(17-5-1)49-51-50(39-23-11-13-28-44(39)63-51)57-54(56-49)41-25-15-29-45-48(41)38-31-30-35(32-46(38)62-45)53-58-52(34-18-6-2-7-19-34)59-55(60-53)40-24-14-27-43-47(40)37-22-10-12-26-42(37)61(43)36-20-8-3-9-21-36/h1-32H. The highest BCUT2D eigenvalue weighted by molar-refractivity contribution is 6.16. The Morgan fingerprint density at radius 3 is 1.76 bits per heavy atom. The number of benzene rings is 8. The number of para-hydroxylation sites is 3. The van der Waals surface area contributed by atoms with Gasteiger partial charge in [-0.05, 0) is 54.6 Å². The summed E-state index contributed by atoms with van der Waals surface area (Å²) in [5.41, 5.74) is 12.0. The van der Waals surface area contributed by atoms with Crippen LogP contribution in [-0.4, -0.2) is 29.5 Å². The largest absolute Gasteiger partial charge is 0.456 e. The van der Waals surface area contributed by atoms with E-state index in [2.05, 4.69) is 89.5 Å². The number of furan rings is 2. The first kappa shape index (κ1) is 35.0. The molecule has 8 heteroatoms. The van der Waals surface area contributed by atoms with Gasteiger partial charge in [0.05, 0.1) is 11.0 Å². The lowest BCUT2D eigenvalue weighted by atomic mass is 10.0. The Balaban J connectivity index is 0.999. The van der Waals surface area contributed by atoms with E-state index in [1.807, 2.05) is 109 Å². The van der Waals surface area contributed by atoms with Crippen LogP contribution < -0.4 is 0 Å². The number of hydrogen-bond acceptors (Lipinski definition) is 7. The van der Waals surface area contributed by atoms with E-state index >= 15 is 0 Å². The van der Waals surface area contributed by atoms with Crippen LogP contribution in [0.4, 0.5) is 0 Å². The summed E-state index contributed by atoms with van der Waals surface area (Å²) in [5, 5.41) is 4.99. The van der Waals surface area contributed by atoms with Crippen molar-refractivity contribution < 1.29 is 8.83 Å². The molecular formula is C55H32N6O2. The predicted octanol–water partition coefficient (Wildman–Crippen LogP) is 13.9. The van der Waals surface area contributed by atoms with Gasteiger partial charge < -0.3 is 13.4 Å². The molecule has 8 nitrogen and oxygen atoms in total. The smallest absolute Gasteiger partial charge is 0.180 e. The Morgan fingerprint density at radius 2 is 0.952 bits per heavy atom. The molecule has 294 valence electrons. The van der Waals surface area contributed by atoms with Crippen molar-refractivity contribution in [1.29, 1.82) is 0 Å². The molecular weight excluding hydrogens is 777 g/mol. The average Bonchev–Trinajstić information content (AvgIpc) is 4.04. The Hall–Kier alpha value is -8.75. The molecule has 0 bridgehead atoms. The lowest BCUT2D eigenvalue weighted by Crippen LogP contribution is -2.00. The van der Waals surface area contributed by atoms with Crippen LogP contribution in [0.3, 0.4) is 0 Å². The fourth-order valence-electron chi connectivity index (χ4n) is 9.06. The molecule has 0 aliphatic carbocycles. The summed E-state index contributed by atoms with van der Waals surface area (Å²) >= 11 is 0. The Kier molecular flexibility index (Phi) is 7.74. The maximum absolute atomic E-state index is 6.67. The number of fused-ring (bicyclic) bond motifs is 9. The minimum atomic E-state index is 0.540. The van der Waals surface area contributed by atoms with Crippen LogP contribution in [0, 0.1) is 0 Å². The molecule has 8 aromatic carbocycles. The minimum Gasteiger partial charge on any atom is -0.456 e. The van der Waals surface area contributed by atoms with Gasteiger partial charge in [-0.3, -0.25) is 0 Å². The molecule has 5 heterocycles. The molecule has 0 saturated heterocycles. The second-order valence-corrected chi connectivity index (χ2v) is 15.6. The summed E-state index contributed by atoms with van der Waals surface area (Å²) in [4.78, 5) is 25.9. The molecule has 0 radical (unpaired) electrons. The molecule has 63 heavy (non-hydrogen) atoms. The van der Waals surface area contributed by atoms with Gasteiger partial charge in [-0.1, -0.05) is 140 Å². The zero-order valence-corrected chi connectivity index (χ0v) is 33.5. The minimum absolute atomic E-state index is 0.540. The Labute approximate surface area is 359 Å². The lowest BCUT2D eigenvalue weighted by molar-refractivity contribution is 0.667. The molecule has 0 aliphatic heterocycles. The van der Waals surface area contributed by atoms with Crippen molar-refractivity contribution in [3.8, 4) is 62.5 Å². The maximum Gasteiger partial charge on any atom is 0.180 e. The summed E-state index contributed by atoms with van der Waals surface area (Å²) < 4.78 is 15.4. The van der Waals surface area contributed by atoms with Crippen molar-refractivity contribution >= 4 is 65.8 Å². The van der Waals surface area contributed by atoms with E-state index in [9.17, 15) is 0 Å². The van der Waals surface area contributed by atoms with Crippen molar-refractivity contribution in [2.24, 2.45) is 0 Å². The van der Waals surface area contributed by atoms with Crippen LogP contribution in [0.15, 0.2) is 203 Å². The molecule has 0 saturated carbocycles. The van der Waals surface area contributed by atoms with Crippen molar-refractivity contribution in [2.45, 2.75) is 0 Å². The van der Waals surface area contributed by atoms with Crippen LogP contribution in [0.2, 0.25) is 0 Å². The molecule has 5 aromatic heterocycles. The van der Waals surface area contributed by atoms with Crippen molar-refractivity contribution in [1.82, 2.24) is 29.5 Å². The van der Waals surface area contributed by atoms with E-state index in [1.54, 1.807) is 0 Å².